The predicted molar refractivity (Wildman–Crippen MR) is 446 cm³/mol. The zero-order chi connectivity index (χ0) is 21.5. The molecule has 0 spiro atoms. The minimum atomic E-state index is -2.17. The van der Waals surface area contributed by atoms with Crippen LogP contribution >= 0.6 is 0 Å². The van der Waals surface area contributed by atoms with Crippen molar-refractivity contribution in [1.82, 2.24) is 0 Å². The Balaban J connectivity index is -0.000000000804. The van der Waals surface area contributed by atoms with Crippen molar-refractivity contribution in [2.75, 3.05) is 0 Å². The van der Waals surface area contributed by atoms with Gasteiger partial charge in [0.25, 0.3) is 0 Å². The number of hydrogen-bond donors (Lipinski definition) is 18. The van der Waals surface area contributed by atoms with Crippen LogP contribution in [0, 0.1) is 0 Å². The van der Waals surface area contributed by atoms with E-state index in [1.165, 1.54) is 0 Å². The molecule has 0 unspecified atom stereocenters. The van der Waals surface area contributed by atoms with Crippen molar-refractivity contribution in [2.45, 2.75) is 0 Å². The molecule has 0 aliphatic heterocycles. The van der Waals surface area contributed by atoms with Gasteiger partial charge in [-0.05, 0) is 0 Å². The zero-order valence-electron chi connectivity index (χ0n) is 11.5. The summed E-state index contributed by atoms with van der Waals surface area (Å²) in [4.78, 5) is 0. The maximum atomic E-state index is 7.17. The zero-order valence-corrected chi connectivity index (χ0v) is 11.5. The van der Waals surface area contributed by atoms with E-state index >= 15 is 0 Å². The minimum absolute atomic E-state index is 0. The summed E-state index contributed by atoms with van der Waals surface area (Å²) in [6.07, 6.45) is 0. The van der Waals surface area contributed by atoms with Crippen LogP contribution in [0.5, 0.6) is 0 Å². The van der Waals surface area contributed by atoms with Crippen LogP contribution in [0.4, 0.5) is 0 Å². The molecule has 0 rings (SSSR count). The molecule has 76 heavy (non-hydrogen) atoms. The van der Waals surface area contributed by atoms with E-state index in [9.17, 15) is 0 Å². The molecule has 0 saturated carbocycles. The van der Waals surface area contributed by atoms with Crippen LogP contribution in [0.1, 0.15) is 0 Å². The Hall–Kier alpha value is 30.7. The SMILES string of the molecule is OB(O)O.OB(O)O.OB(O)O.OB(O)O.OB(O)O.OB(O)O.[LiH].[LiH].[LiH].[LiH].[LiH].[LiH].[LiH].[LiH].[LiH].[LiH].[LiH].[LiH].[LiH].[LiH].[LiH].[LiH].[LiH].[LiH].[LiH].[LiH].[LiH].[LiH].[LiH].[LiH].[LiH].[LiH].[LiH].[LiH].[LiH].[LiH].[LiH].[LiH].[LiH].[LiH].[LiH].[LiH].[LiH].[LiH].[LiH].[LiH].[LiH].[LiH].[LiH].[LiH].[LiH].[LiH].[LiH].[LiH].[LiH].[LiH].[LiH].[LiH]. The second-order valence-electron chi connectivity index (χ2n) is 2.08. The molecule has 0 saturated heterocycles. The average molecular weight is 784 g/mol. The van der Waals surface area contributed by atoms with Gasteiger partial charge in [-0.1, -0.05) is 0 Å². The van der Waals surface area contributed by atoms with E-state index in [-0.39, 0.29) is 981 Å². The molecule has 0 radical (unpaired) electrons. The van der Waals surface area contributed by atoms with E-state index in [0.29, 0.717) is 0 Å². The molecule has 18 N–H and O–H groups in total. The summed E-state index contributed by atoms with van der Waals surface area (Å²) in [6.45, 7) is 0. The van der Waals surface area contributed by atoms with Crippen molar-refractivity contribution < 1.29 is 90.4 Å². The molecule has 0 bridgehead atoms. The van der Waals surface area contributed by atoms with Crippen LogP contribution in [0.15, 0.2) is 0 Å². The van der Waals surface area contributed by atoms with Crippen LogP contribution in [0.2, 0.25) is 0 Å². The van der Waals surface area contributed by atoms with Gasteiger partial charge in [-0.15, -0.1) is 0 Å². The Kier molecular flexibility index (Phi) is 3230. The first-order valence-electron chi connectivity index (χ1n) is 4.65. The van der Waals surface area contributed by atoms with Crippen molar-refractivity contribution in [3.05, 3.63) is 0 Å². The average Bonchev–Trinajstić information content (AvgIpc) is 2.08. The Labute approximate surface area is 1090 Å². The molecular formula is H70B6Li52O18. The van der Waals surface area contributed by atoms with Crippen LogP contribution < -0.4 is 0 Å². The molecule has 0 fully saturated rings. The van der Waals surface area contributed by atoms with Gasteiger partial charge in [0.2, 0.25) is 0 Å². The predicted octanol–water partition coefficient (Wildman–Crippen LogP) is -46.0. The van der Waals surface area contributed by atoms with E-state index in [0.717, 1.165) is 0 Å². The summed E-state index contributed by atoms with van der Waals surface area (Å²) in [7, 11) is -13.0. The van der Waals surface area contributed by atoms with Crippen molar-refractivity contribution >= 4 is 1020 Å². The normalized spacial score (nSPS) is 2.13. The van der Waals surface area contributed by atoms with Gasteiger partial charge >= 0.3 is 1020 Å². The van der Waals surface area contributed by atoms with Crippen molar-refractivity contribution in [1.29, 1.82) is 0 Å². The molecule has 0 aliphatic carbocycles. The van der Waals surface area contributed by atoms with Gasteiger partial charge in [-0.25, -0.2) is 0 Å². The molecule has 0 aromatic rings. The molecule has 18 nitrogen and oxygen atoms in total. The second kappa shape index (κ2) is 488. The Morgan fingerprint density at radius 3 is 0.0658 bits per heavy atom. The summed E-state index contributed by atoms with van der Waals surface area (Å²) in [5.74, 6) is 0. The second-order valence-corrected chi connectivity index (χ2v) is 2.08. The van der Waals surface area contributed by atoms with E-state index < -0.39 is 43.9 Å². The molecular weight excluding hydrogens is 714 g/mol. The Morgan fingerprint density at radius 2 is 0.0658 bits per heavy atom. The standard InChI is InChI=1S/6BH3O3.52Li.52H/c6*2-1(3)4;;;;;;;;;;;;;;;;;;;;;;;;;;;;;;;;;;;;;;;;;;;;;;;;;;;;;;;;;;;;;;;;;;;;;;;;;;;;;;;;;;;;;;;;;;;;;;;;;;;;;;;;/h6*2-4H;;;;;;;;;;;;;;;;;;;;;;;;;;;;;;;;;;;;;;;;;;;;;;;;;;;;;;;;;;;;;;;;;;;;;;;;;;;;;;;;;;;;;;;;;;;;;;;;;;;;;;;;. The molecule has 0 aliphatic rings. The quantitative estimate of drug-likeness (QED) is 0.101. The number of rotatable bonds is 0. The third kappa shape index (κ3) is 1190. The summed E-state index contributed by atoms with van der Waals surface area (Å²) in [5, 5.41) is 129. The summed E-state index contributed by atoms with van der Waals surface area (Å²) in [5.41, 5.74) is 0. The first-order chi connectivity index (χ1) is 10.4. The summed E-state index contributed by atoms with van der Waals surface area (Å²) < 4.78 is 0. The van der Waals surface area contributed by atoms with Crippen LogP contribution in [0.3, 0.4) is 0 Å². The van der Waals surface area contributed by atoms with Gasteiger partial charge < -0.3 is 90.4 Å². The molecule has 76 heteroatoms. The fraction of sp³-hybridized carbons (Fsp3) is 0. The van der Waals surface area contributed by atoms with E-state index in [4.69, 9.17) is 90.4 Å². The van der Waals surface area contributed by atoms with Gasteiger partial charge in [-0.3, -0.25) is 0 Å². The van der Waals surface area contributed by atoms with Crippen molar-refractivity contribution in [3.8, 4) is 0 Å². The van der Waals surface area contributed by atoms with Crippen molar-refractivity contribution in [3.63, 3.8) is 0 Å². The molecule has 0 aromatic carbocycles. The Morgan fingerprint density at radius 1 is 0.0658 bits per heavy atom. The molecule has 0 atom stereocenters. The van der Waals surface area contributed by atoms with Crippen LogP contribution in [0.25, 0.3) is 0 Å². The van der Waals surface area contributed by atoms with Gasteiger partial charge in [0.1, 0.15) is 0 Å². The maximum absolute atomic E-state index is 7.17. The Bertz CT molecular complexity index is 163. The molecule has 248 valence electrons. The van der Waals surface area contributed by atoms with Crippen molar-refractivity contribution in [2.24, 2.45) is 0 Å². The summed E-state index contributed by atoms with van der Waals surface area (Å²) >= 11 is 0. The van der Waals surface area contributed by atoms with Gasteiger partial charge in [0.05, 0.1) is 0 Å². The van der Waals surface area contributed by atoms with Gasteiger partial charge in [0, 0.05) is 0 Å². The van der Waals surface area contributed by atoms with E-state index in [1.54, 1.807) is 0 Å². The van der Waals surface area contributed by atoms with E-state index in [2.05, 4.69) is 0 Å². The molecule has 0 heterocycles. The molecule has 0 amide bonds. The van der Waals surface area contributed by atoms with E-state index in [1.807, 2.05) is 0 Å². The fourth-order valence-electron chi connectivity index (χ4n) is 0. The van der Waals surface area contributed by atoms with Gasteiger partial charge in [-0.2, -0.15) is 0 Å². The van der Waals surface area contributed by atoms with Crippen LogP contribution in [-0.2, 0) is 0 Å². The first-order valence-corrected chi connectivity index (χ1v) is 4.65. The van der Waals surface area contributed by atoms with Gasteiger partial charge in [0.15, 0.2) is 0 Å². The topological polar surface area (TPSA) is 364 Å². The summed E-state index contributed by atoms with van der Waals surface area (Å²) in [6, 6.07) is 0. The third-order valence-corrected chi connectivity index (χ3v) is 0. The monoisotopic (exact) mass is 789 g/mol. The fourth-order valence-corrected chi connectivity index (χ4v) is 0. The first kappa shape index (κ1) is 502. The third-order valence-electron chi connectivity index (χ3n) is 0. The molecule has 0 aromatic heterocycles. The number of hydrogen-bond acceptors (Lipinski definition) is 18. The van der Waals surface area contributed by atoms with Crippen LogP contribution in [-0.4, -0.2) is 1120 Å².